The van der Waals surface area contributed by atoms with Crippen molar-refractivity contribution in [2.24, 2.45) is 9.98 Å². The molecule has 2 aliphatic rings. The van der Waals surface area contributed by atoms with Gasteiger partial charge in [-0.1, -0.05) is 23.7 Å². The number of aromatic nitrogens is 2. The van der Waals surface area contributed by atoms with Crippen LogP contribution >= 0.6 is 11.6 Å². The van der Waals surface area contributed by atoms with Gasteiger partial charge in [-0.3, -0.25) is 15.0 Å². The number of benzene rings is 1. The number of hydrogen-bond donors (Lipinski definition) is 1. The first kappa shape index (κ1) is 15.2. The molecule has 0 saturated heterocycles. The van der Waals surface area contributed by atoms with E-state index in [4.69, 9.17) is 21.6 Å². The minimum Gasteiger partial charge on any atom is -0.365 e. The van der Waals surface area contributed by atoms with Crippen molar-refractivity contribution in [1.82, 2.24) is 9.97 Å². The number of hydrogen-bond acceptors (Lipinski definition) is 5. The van der Waals surface area contributed by atoms with Crippen LogP contribution in [0, 0.1) is 0 Å². The SMILES string of the molecule is Clc1cccc(CNc2nc3ccncc3c3c2=C2C=NC=CC2N=3)c1. The topological polar surface area (TPSA) is 62.5 Å². The number of anilines is 1. The second-order valence-corrected chi connectivity index (χ2v) is 6.65. The maximum atomic E-state index is 6.10. The lowest BCUT2D eigenvalue weighted by molar-refractivity contribution is 1.03. The lowest BCUT2D eigenvalue weighted by Crippen LogP contribution is -2.30. The Morgan fingerprint density at radius 3 is 3.08 bits per heavy atom. The Morgan fingerprint density at radius 1 is 1.19 bits per heavy atom. The summed E-state index contributed by atoms with van der Waals surface area (Å²) in [6.07, 6.45) is 9.23. The van der Waals surface area contributed by atoms with Crippen LogP contribution in [0.25, 0.3) is 16.5 Å². The van der Waals surface area contributed by atoms with Gasteiger partial charge < -0.3 is 5.32 Å². The Labute approximate surface area is 154 Å². The fourth-order valence-electron chi connectivity index (χ4n) is 3.36. The van der Waals surface area contributed by atoms with Crippen LogP contribution in [0.4, 0.5) is 5.82 Å². The van der Waals surface area contributed by atoms with E-state index < -0.39 is 0 Å². The van der Waals surface area contributed by atoms with Gasteiger partial charge in [-0.25, -0.2) is 4.98 Å². The van der Waals surface area contributed by atoms with Crippen LogP contribution in [0.2, 0.25) is 5.02 Å². The van der Waals surface area contributed by atoms with E-state index >= 15 is 0 Å². The van der Waals surface area contributed by atoms with Crippen LogP contribution < -0.4 is 15.9 Å². The van der Waals surface area contributed by atoms with E-state index in [1.807, 2.05) is 48.8 Å². The zero-order valence-electron chi connectivity index (χ0n) is 13.7. The third-order valence-electron chi connectivity index (χ3n) is 4.55. The summed E-state index contributed by atoms with van der Waals surface area (Å²) >= 11 is 6.10. The van der Waals surface area contributed by atoms with Crippen molar-refractivity contribution in [3.05, 3.63) is 76.2 Å². The fourth-order valence-corrected chi connectivity index (χ4v) is 3.57. The van der Waals surface area contributed by atoms with Crippen molar-refractivity contribution in [1.29, 1.82) is 0 Å². The standard InChI is InChI=1S/C20H14ClN5/c21-13-3-1-2-12(8-13)9-24-20-18-14-10-22-6-4-16(14)25-19(18)15-11-23-7-5-17(15)26-20/h1-8,10-11,16H,9H2,(H,24,26). The average Bonchev–Trinajstić information content (AvgIpc) is 3.06. The molecular formula is C20H14ClN5. The maximum Gasteiger partial charge on any atom is 0.136 e. The highest BCUT2D eigenvalue weighted by Gasteiger charge is 2.22. The number of halogens is 1. The Hall–Kier alpha value is -3.05. The van der Waals surface area contributed by atoms with Gasteiger partial charge in [-0.2, -0.15) is 0 Å². The normalized spacial score (nSPS) is 17.1. The molecule has 0 saturated carbocycles. The number of pyridine rings is 2. The van der Waals surface area contributed by atoms with Crippen molar-refractivity contribution < 1.29 is 0 Å². The molecule has 26 heavy (non-hydrogen) atoms. The summed E-state index contributed by atoms with van der Waals surface area (Å²) < 4.78 is 0. The molecule has 5 nitrogen and oxygen atoms in total. The molecule has 0 aliphatic carbocycles. The van der Waals surface area contributed by atoms with E-state index in [0.717, 1.165) is 43.5 Å². The monoisotopic (exact) mass is 359 g/mol. The molecule has 0 radical (unpaired) electrons. The molecule has 2 aromatic heterocycles. The van der Waals surface area contributed by atoms with Gasteiger partial charge in [0.2, 0.25) is 0 Å². The first-order chi connectivity index (χ1) is 12.8. The summed E-state index contributed by atoms with van der Waals surface area (Å²) in [7, 11) is 0. The van der Waals surface area contributed by atoms with Crippen LogP contribution in [0.15, 0.2) is 65.0 Å². The molecule has 1 atom stereocenters. The minimum atomic E-state index is -0.0122. The Bertz CT molecular complexity index is 1210. The highest BCUT2D eigenvalue weighted by Crippen LogP contribution is 2.18. The minimum absolute atomic E-state index is 0.0122. The fraction of sp³-hybridized carbons (Fsp3) is 0.100. The molecule has 1 unspecified atom stereocenters. The van der Waals surface area contributed by atoms with Crippen LogP contribution in [0.1, 0.15) is 5.56 Å². The van der Waals surface area contributed by atoms with Gasteiger partial charge >= 0.3 is 0 Å². The summed E-state index contributed by atoms with van der Waals surface area (Å²) in [5, 5.41) is 7.07. The molecule has 3 aromatic rings. The van der Waals surface area contributed by atoms with E-state index in [9.17, 15) is 0 Å². The molecule has 5 rings (SSSR count). The van der Waals surface area contributed by atoms with Crippen molar-refractivity contribution in [2.45, 2.75) is 12.6 Å². The number of aliphatic imine (C=N–C) groups is 1. The lowest BCUT2D eigenvalue weighted by Gasteiger charge is -2.10. The molecular weight excluding hydrogens is 346 g/mol. The van der Waals surface area contributed by atoms with Gasteiger partial charge in [0.05, 0.1) is 22.1 Å². The molecule has 126 valence electrons. The van der Waals surface area contributed by atoms with Crippen molar-refractivity contribution >= 4 is 40.1 Å². The lowest BCUT2D eigenvalue weighted by atomic mass is 10.1. The quantitative estimate of drug-likeness (QED) is 0.782. The predicted molar refractivity (Wildman–Crippen MR) is 104 cm³/mol. The third kappa shape index (κ3) is 2.48. The molecule has 6 heteroatoms. The molecule has 1 aromatic carbocycles. The van der Waals surface area contributed by atoms with E-state index in [-0.39, 0.29) is 6.04 Å². The van der Waals surface area contributed by atoms with E-state index in [0.29, 0.717) is 6.54 Å². The molecule has 1 N–H and O–H groups in total. The zero-order chi connectivity index (χ0) is 17.5. The number of fused-ring (bicyclic) bond motifs is 4. The summed E-state index contributed by atoms with van der Waals surface area (Å²) in [6, 6.07) is 9.70. The van der Waals surface area contributed by atoms with E-state index in [1.54, 1.807) is 12.4 Å². The number of rotatable bonds is 3. The summed E-state index contributed by atoms with van der Waals surface area (Å²) in [5.74, 6) is 0.807. The Kier molecular flexibility index (Phi) is 3.53. The molecule has 0 spiro atoms. The Balaban J connectivity index is 1.68. The summed E-state index contributed by atoms with van der Waals surface area (Å²) in [5.41, 5.74) is 3.03. The van der Waals surface area contributed by atoms with Crippen LogP contribution in [0.3, 0.4) is 0 Å². The Morgan fingerprint density at radius 2 is 2.15 bits per heavy atom. The molecule has 0 amide bonds. The third-order valence-corrected chi connectivity index (χ3v) is 4.79. The van der Waals surface area contributed by atoms with Crippen LogP contribution in [-0.4, -0.2) is 22.2 Å². The zero-order valence-corrected chi connectivity index (χ0v) is 14.5. The van der Waals surface area contributed by atoms with Crippen LogP contribution in [-0.2, 0) is 6.54 Å². The predicted octanol–water partition coefficient (Wildman–Crippen LogP) is 2.65. The van der Waals surface area contributed by atoms with Gasteiger partial charge in [-0.05, 0) is 29.8 Å². The molecule has 2 aliphatic heterocycles. The molecule has 0 bridgehead atoms. The van der Waals surface area contributed by atoms with Crippen molar-refractivity contribution in [3.63, 3.8) is 0 Å². The first-order valence-corrected chi connectivity index (χ1v) is 8.71. The first-order valence-electron chi connectivity index (χ1n) is 8.33. The smallest absolute Gasteiger partial charge is 0.136 e. The number of nitrogens with one attached hydrogen (secondary N) is 1. The maximum absolute atomic E-state index is 6.10. The van der Waals surface area contributed by atoms with Crippen molar-refractivity contribution in [3.8, 4) is 0 Å². The summed E-state index contributed by atoms with van der Waals surface area (Å²) in [4.78, 5) is 18.2. The highest BCUT2D eigenvalue weighted by atomic mass is 35.5. The molecule has 4 heterocycles. The summed E-state index contributed by atoms with van der Waals surface area (Å²) in [6.45, 7) is 0.627. The second kappa shape index (κ2) is 6.04. The van der Waals surface area contributed by atoms with Gasteiger partial charge in [0.1, 0.15) is 5.82 Å². The van der Waals surface area contributed by atoms with E-state index in [2.05, 4.69) is 15.3 Å². The van der Waals surface area contributed by atoms with Gasteiger partial charge in [0.25, 0.3) is 0 Å². The van der Waals surface area contributed by atoms with Gasteiger partial charge in [0, 0.05) is 47.3 Å². The van der Waals surface area contributed by atoms with E-state index in [1.165, 1.54) is 0 Å². The average molecular weight is 360 g/mol. The van der Waals surface area contributed by atoms with Gasteiger partial charge in [-0.15, -0.1) is 0 Å². The van der Waals surface area contributed by atoms with Gasteiger partial charge in [0.15, 0.2) is 0 Å². The highest BCUT2D eigenvalue weighted by molar-refractivity contribution is 6.30. The molecule has 0 fully saturated rings. The van der Waals surface area contributed by atoms with Crippen molar-refractivity contribution in [2.75, 3.05) is 5.32 Å². The second-order valence-electron chi connectivity index (χ2n) is 6.21. The van der Waals surface area contributed by atoms with Crippen LogP contribution in [0.5, 0.6) is 0 Å². The largest absolute Gasteiger partial charge is 0.365 e. The number of nitrogens with zero attached hydrogens (tertiary/aromatic N) is 4.